The van der Waals surface area contributed by atoms with Crippen molar-refractivity contribution in [3.8, 4) is 0 Å². The fraction of sp³-hybridized carbons (Fsp3) is 0.846. The first-order valence-corrected chi connectivity index (χ1v) is 8.12. The molecule has 2 atom stereocenters. The topological polar surface area (TPSA) is 63.7 Å². The van der Waals surface area contributed by atoms with Gasteiger partial charge in [-0.1, -0.05) is 19.8 Å². The molecule has 0 aliphatic rings. The maximum absolute atomic E-state index is 12.2. The third-order valence-corrected chi connectivity index (χ3v) is 4.58. The van der Waals surface area contributed by atoms with Crippen LogP contribution in [0.4, 0.5) is 0 Å². The predicted octanol–water partition coefficient (Wildman–Crippen LogP) is 1.34. The normalized spacial score (nSPS) is 13.7. The number of unbranched alkanes of at least 4 members (excludes halogenated alkanes) is 1. The van der Waals surface area contributed by atoms with Crippen molar-refractivity contribution >= 4 is 22.7 Å². The summed E-state index contributed by atoms with van der Waals surface area (Å²) in [4.78, 5) is 25.1. The van der Waals surface area contributed by atoms with Gasteiger partial charge in [0.25, 0.3) is 0 Å². The molecule has 5 nitrogen and oxygen atoms in total. The van der Waals surface area contributed by atoms with E-state index in [0.717, 1.165) is 12.8 Å². The van der Waals surface area contributed by atoms with Gasteiger partial charge in [-0.25, -0.2) is 0 Å². The summed E-state index contributed by atoms with van der Waals surface area (Å²) in [6.45, 7) is 6.92. The summed E-state index contributed by atoms with van der Waals surface area (Å²) in [6, 6.07) is 0. The highest BCUT2D eigenvalue weighted by atomic mass is 32.2. The number of carbonyl (C=O) groups is 2. The Morgan fingerprint density at radius 3 is 2.21 bits per heavy atom. The number of carbonyl (C=O) groups excluding carboxylic acids is 2. The largest absolute Gasteiger partial charge is 0.468 e. The molecule has 0 aromatic carbocycles. The van der Waals surface area contributed by atoms with Crippen LogP contribution in [0.15, 0.2) is 0 Å². The summed E-state index contributed by atoms with van der Waals surface area (Å²) in [7, 11) is -0.226. The number of esters is 1. The molecular weight excluding hydrogens is 266 g/mol. The number of methoxy groups -OCH3 is 1. The van der Waals surface area contributed by atoms with Crippen LogP contribution in [-0.4, -0.2) is 52.2 Å². The zero-order chi connectivity index (χ0) is 14.8. The second-order valence-electron chi connectivity index (χ2n) is 4.25. The van der Waals surface area contributed by atoms with E-state index in [9.17, 15) is 13.8 Å². The van der Waals surface area contributed by atoms with E-state index < -0.39 is 22.0 Å². The third-order valence-electron chi connectivity index (χ3n) is 2.98. The number of hydrogen-bond donors (Lipinski definition) is 0. The van der Waals surface area contributed by atoms with E-state index in [1.165, 1.54) is 7.11 Å². The first-order valence-electron chi connectivity index (χ1n) is 6.74. The van der Waals surface area contributed by atoms with Crippen molar-refractivity contribution in [2.24, 2.45) is 0 Å². The number of hydrogen-bond acceptors (Lipinski definition) is 4. The van der Waals surface area contributed by atoms with E-state index >= 15 is 0 Å². The van der Waals surface area contributed by atoms with E-state index in [-0.39, 0.29) is 11.7 Å². The standard InChI is InChI=1S/C13H25NO4S/c1-5-8-9-11(13(16)18-4)19(17)10-12(15)14(6-2)7-3/h11H,5-10H2,1-4H3. The summed E-state index contributed by atoms with van der Waals surface area (Å²) >= 11 is 0. The Bertz CT molecular complexity index is 316. The second kappa shape index (κ2) is 9.95. The predicted molar refractivity (Wildman–Crippen MR) is 76.3 cm³/mol. The van der Waals surface area contributed by atoms with Crippen molar-refractivity contribution in [2.45, 2.75) is 45.3 Å². The molecule has 0 spiro atoms. The van der Waals surface area contributed by atoms with Crippen LogP contribution in [0.3, 0.4) is 0 Å². The number of ether oxygens (including phenoxy) is 1. The maximum Gasteiger partial charge on any atom is 0.321 e. The van der Waals surface area contributed by atoms with Gasteiger partial charge in [0.2, 0.25) is 5.91 Å². The molecule has 112 valence electrons. The molecule has 0 N–H and O–H groups in total. The van der Waals surface area contributed by atoms with E-state index in [4.69, 9.17) is 0 Å². The summed E-state index contributed by atoms with van der Waals surface area (Å²) in [5, 5.41) is -0.690. The zero-order valence-corrected chi connectivity index (χ0v) is 13.1. The van der Waals surface area contributed by atoms with Gasteiger partial charge in [0.1, 0.15) is 11.0 Å². The van der Waals surface area contributed by atoms with Crippen LogP contribution in [0, 0.1) is 0 Å². The molecule has 0 aliphatic heterocycles. The molecule has 0 radical (unpaired) electrons. The van der Waals surface area contributed by atoms with Crippen molar-refractivity contribution in [1.29, 1.82) is 0 Å². The van der Waals surface area contributed by atoms with Gasteiger partial charge in [-0.3, -0.25) is 13.8 Å². The van der Waals surface area contributed by atoms with Crippen molar-refractivity contribution < 1.29 is 18.5 Å². The number of amides is 1. The summed E-state index contributed by atoms with van der Waals surface area (Å²) in [5.41, 5.74) is 0. The van der Waals surface area contributed by atoms with Crippen molar-refractivity contribution in [3.63, 3.8) is 0 Å². The van der Waals surface area contributed by atoms with Gasteiger partial charge >= 0.3 is 5.97 Å². The second-order valence-corrected chi connectivity index (χ2v) is 5.86. The molecule has 6 heteroatoms. The SMILES string of the molecule is CCCCC(C(=O)OC)S(=O)CC(=O)N(CC)CC. The number of nitrogens with zero attached hydrogens (tertiary/aromatic N) is 1. The first kappa shape index (κ1) is 18.1. The van der Waals surface area contributed by atoms with Gasteiger partial charge in [0.05, 0.1) is 7.11 Å². The Kier molecular flexibility index (Phi) is 9.47. The highest BCUT2D eigenvalue weighted by Gasteiger charge is 2.28. The van der Waals surface area contributed by atoms with Crippen LogP contribution in [0.25, 0.3) is 0 Å². The monoisotopic (exact) mass is 291 g/mol. The van der Waals surface area contributed by atoms with E-state index in [1.807, 2.05) is 20.8 Å². The smallest absolute Gasteiger partial charge is 0.321 e. The van der Waals surface area contributed by atoms with Crippen molar-refractivity contribution in [3.05, 3.63) is 0 Å². The average molecular weight is 291 g/mol. The molecule has 19 heavy (non-hydrogen) atoms. The van der Waals surface area contributed by atoms with E-state index in [0.29, 0.717) is 19.5 Å². The molecule has 0 rings (SSSR count). The fourth-order valence-corrected chi connectivity index (χ4v) is 3.14. The van der Waals surface area contributed by atoms with Gasteiger partial charge in [0, 0.05) is 23.9 Å². The average Bonchev–Trinajstić information content (AvgIpc) is 2.40. The zero-order valence-electron chi connectivity index (χ0n) is 12.3. The van der Waals surface area contributed by atoms with Crippen LogP contribution in [0.2, 0.25) is 0 Å². The lowest BCUT2D eigenvalue weighted by Gasteiger charge is -2.20. The van der Waals surface area contributed by atoms with Gasteiger partial charge in [-0.15, -0.1) is 0 Å². The molecule has 0 heterocycles. The summed E-state index contributed by atoms with van der Waals surface area (Å²) in [6.07, 6.45) is 2.21. The molecule has 1 amide bonds. The first-order chi connectivity index (χ1) is 9.01. The van der Waals surface area contributed by atoms with Gasteiger partial charge in [-0.2, -0.15) is 0 Å². The fourth-order valence-electron chi connectivity index (χ4n) is 1.77. The molecule has 0 saturated heterocycles. The minimum Gasteiger partial charge on any atom is -0.468 e. The van der Waals surface area contributed by atoms with Crippen LogP contribution < -0.4 is 0 Å². The minimum absolute atomic E-state index is 0.106. The molecule has 0 aromatic rings. The Morgan fingerprint density at radius 1 is 1.21 bits per heavy atom. The lowest BCUT2D eigenvalue weighted by atomic mass is 10.2. The molecule has 0 aromatic heterocycles. The Morgan fingerprint density at radius 2 is 1.79 bits per heavy atom. The lowest BCUT2D eigenvalue weighted by molar-refractivity contribution is -0.140. The highest BCUT2D eigenvalue weighted by molar-refractivity contribution is 7.87. The molecule has 2 unspecified atom stereocenters. The highest BCUT2D eigenvalue weighted by Crippen LogP contribution is 2.10. The van der Waals surface area contributed by atoms with E-state index in [2.05, 4.69) is 4.74 Å². The summed E-state index contributed by atoms with van der Waals surface area (Å²) < 4.78 is 16.8. The van der Waals surface area contributed by atoms with E-state index in [1.54, 1.807) is 4.90 Å². The molecule has 0 fully saturated rings. The maximum atomic E-state index is 12.2. The van der Waals surface area contributed by atoms with Crippen LogP contribution in [-0.2, 0) is 25.1 Å². The number of rotatable bonds is 9. The lowest BCUT2D eigenvalue weighted by Crippen LogP contribution is -2.38. The summed E-state index contributed by atoms with van der Waals surface area (Å²) in [5.74, 6) is -0.765. The van der Waals surface area contributed by atoms with Gasteiger partial charge < -0.3 is 9.64 Å². The molecule has 0 saturated carbocycles. The Labute approximate surface area is 118 Å². The van der Waals surface area contributed by atoms with Crippen molar-refractivity contribution in [2.75, 3.05) is 26.0 Å². The Hall–Kier alpha value is -0.910. The van der Waals surface area contributed by atoms with Crippen LogP contribution >= 0.6 is 0 Å². The van der Waals surface area contributed by atoms with Gasteiger partial charge in [-0.05, 0) is 20.3 Å². The Balaban J connectivity index is 4.62. The molecular formula is C13H25NO4S. The third kappa shape index (κ3) is 6.18. The molecule has 0 aliphatic carbocycles. The van der Waals surface area contributed by atoms with Gasteiger partial charge in [0.15, 0.2) is 0 Å². The van der Waals surface area contributed by atoms with Crippen molar-refractivity contribution in [1.82, 2.24) is 4.90 Å². The van der Waals surface area contributed by atoms with Crippen LogP contribution in [0.5, 0.6) is 0 Å². The quantitative estimate of drug-likeness (QED) is 0.601. The molecule has 0 bridgehead atoms. The van der Waals surface area contributed by atoms with Crippen LogP contribution in [0.1, 0.15) is 40.0 Å². The minimum atomic E-state index is -1.51.